The van der Waals surface area contributed by atoms with Gasteiger partial charge in [-0.1, -0.05) is 6.92 Å². The summed E-state index contributed by atoms with van der Waals surface area (Å²) in [6, 6.07) is 1.96. The number of aliphatic hydroxyl groups is 1. The van der Waals surface area contributed by atoms with Gasteiger partial charge in [0.1, 0.15) is 5.60 Å². The van der Waals surface area contributed by atoms with Crippen LogP contribution in [0.1, 0.15) is 26.3 Å². The van der Waals surface area contributed by atoms with Crippen LogP contribution >= 0.6 is 35.3 Å². The minimum atomic E-state index is -0.937. The number of halogens is 1. The SMILES string of the molecule is CCNC(=NCC(C)(O)c1ccsc1)NCC(C)CN1CCN(C)CC1.I. The van der Waals surface area contributed by atoms with E-state index in [0.29, 0.717) is 12.5 Å². The first-order valence-electron chi connectivity index (χ1n) is 9.59. The molecule has 1 aliphatic heterocycles. The highest BCUT2D eigenvalue weighted by Crippen LogP contribution is 2.23. The zero-order valence-corrected chi connectivity index (χ0v) is 20.2. The normalized spacial score (nSPS) is 19.8. The Bertz CT molecular complexity index is 544. The Balaban J connectivity index is 0.00000364. The van der Waals surface area contributed by atoms with Gasteiger partial charge < -0.3 is 25.5 Å². The van der Waals surface area contributed by atoms with Crippen molar-refractivity contribution in [3.05, 3.63) is 22.4 Å². The Hall–Kier alpha value is -0.420. The van der Waals surface area contributed by atoms with Crippen molar-refractivity contribution in [1.82, 2.24) is 20.4 Å². The molecule has 1 saturated heterocycles. The third kappa shape index (κ3) is 8.64. The number of aliphatic imine (C=N–C) groups is 1. The maximum absolute atomic E-state index is 10.6. The monoisotopic (exact) mass is 509 g/mol. The zero-order valence-electron chi connectivity index (χ0n) is 17.1. The number of hydrogen-bond donors (Lipinski definition) is 3. The van der Waals surface area contributed by atoms with E-state index in [-0.39, 0.29) is 24.0 Å². The van der Waals surface area contributed by atoms with Gasteiger partial charge >= 0.3 is 0 Å². The molecular weight excluding hydrogens is 473 g/mol. The van der Waals surface area contributed by atoms with Crippen LogP contribution in [0.5, 0.6) is 0 Å². The van der Waals surface area contributed by atoms with Crippen molar-refractivity contribution in [3.63, 3.8) is 0 Å². The van der Waals surface area contributed by atoms with Crippen molar-refractivity contribution < 1.29 is 5.11 Å². The number of rotatable bonds is 8. The summed E-state index contributed by atoms with van der Waals surface area (Å²) in [7, 11) is 2.19. The Morgan fingerprint density at radius 3 is 2.63 bits per heavy atom. The molecule has 1 fully saturated rings. The second-order valence-electron chi connectivity index (χ2n) is 7.57. The third-order valence-corrected chi connectivity index (χ3v) is 5.50. The van der Waals surface area contributed by atoms with Gasteiger partial charge in [0.2, 0.25) is 0 Å². The first-order chi connectivity index (χ1) is 12.4. The first kappa shape index (κ1) is 24.6. The maximum Gasteiger partial charge on any atom is 0.191 e. The van der Waals surface area contributed by atoms with Crippen LogP contribution in [0.2, 0.25) is 0 Å². The molecule has 6 nitrogen and oxygen atoms in total. The molecule has 2 atom stereocenters. The summed E-state index contributed by atoms with van der Waals surface area (Å²) in [5.41, 5.74) is -0.0149. The lowest BCUT2D eigenvalue weighted by Crippen LogP contribution is -2.47. The quantitative estimate of drug-likeness (QED) is 0.285. The van der Waals surface area contributed by atoms with Crippen LogP contribution < -0.4 is 10.6 Å². The molecule has 0 radical (unpaired) electrons. The van der Waals surface area contributed by atoms with Gasteiger partial charge in [-0.05, 0) is 49.2 Å². The van der Waals surface area contributed by atoms with Gasteiger partial charge in [-0.15, -0.1) is 24.0 Å². The molecule has 27 heavy (non-hydrogen) atoms. The molecular formula is C19H36IN5OS. The molecule has 8 heteroatoms. The molecule has 3 N–H and O–H groups in total. The van der Waals surface area contributed by atoms with E-state index in [0.717, 1.165) is 57.3 Å². The number of hydrogen-bond acceptors (Lipinski definition) is 5. The summed E-state index contributed by atoms with van der Waals surface area (Å²) in [4.78, 5) is 9.52. The fourth-order valence-electron chi connectivity index (χ4n) is 3.04. The van der Waals surface area contributed by atoms with Crippen molar-refractivity contribution in [2.45, 2.75) is 26.4 Å². The molecule has 0 amide bonds. The molecule has 0 spiro atoms. The molecule has 1 aromatic heterocycles. The summed E-state index contributed by atoms with van der Waals surface area (Å²) < 4.78 is 0. The summed E-state index contributed by atoms with van der Waals surface area (Å²) in [6.45, 7) is 13.9. The predicted octanol–water partition coefficient (Wildman–Crippen LogP) is 2.01. The van der Waals surface area contributed by atoms with Crippen LogP contribution in [0.3, 0.4) is 0 Å². The molecule has 2 unspecified atom stereocenters. The topological polar surface area (TPSA) is 63.1 Å². The maximum atomic E-state index is 10.6. The van der Waals surface area contributed by atoms with Crippen molar-refractivity contribution in [2.24, 2.45) is 10.9 Å². The Labute approximate surface area is 185 Å². The minimum absolute atomic E-state index is 0. The van der Waals surface area contributed by atoms with E-state index < -0.39 is 5.60 Å². The second-order valence-corrected chi connectivity index (χ2v) is 8.35. The second kappa shape index (κ2) is 12.2. The molecule has 1 aromatic rings. The van der Waals surface area contributed by atoms with Gasteiger partial charge in [0.05, 0.1) is 6.54 Å². The van der Waals surface area contributed by atoms with Gasteiger partial charge in [-0.25, -0.2) is 4.99 Å². The molecule has 156 valence electrons. The minimum Gasteiger partial charge on any atom is -0.383 e. The van der Waals surface area contributed by atoms with E-state index in [9.17, 15) is 5.11 Å². The van der Waals surface area contributed by atoms with Crippen LogP contribution in [-0.4, -0.2) is 80.3 Å². The van der Waals surface area contributed by atoms with Crippen LogP contribution in [0.15, 0.2) is 21.8 Å². The van der Waals surface area contributed by atoms with Crippen molar-refractivity contribution in [2.75, 3.05) is 59.4 Å². The van der Waals surface area contributed by atoms with Gasteiger partial charge in [0.15, 0.2) is 5.96 Å². The fraction of sp³-hybridized carbons (Fsp3) is 0.737. The smallest absolute Gasteiger partial charge is 0.191 e. The van der Waals surface area contributed by atoms with Gasteiger partial charge in [0.25, 0.3) is 0 Å². The Morgan fingerprint density at radius 1 is 1.33 bits per heavy atom. The molecule has 0 bridgehead atoms. The zero-order chi connectivity index (χ0) is 19.0. The van der Waals surface area contributed by atoms with Gasteiger partial charge in [-0.3, -0.25) is 0 Å². The molecule has 1 aliphatic rings. The summed E-state index contributed by atoms with van der Waals surface area (Å²) in [5.74, 6) is 1.31. The lowest BCUT2D eigenvalue weighted by Gasteiger charge is -2.34. The van der Waals surface area contributed by atoms with Crippen molar-refractivity contribution >= 4 is 41.3 Å². The number of nitrogens with one attached hydrogen (secondary N) is 2. The highest BCUT2D eigenvalue weighted by atomic mass is 127. The standard InChI is InChI=1S/C19H35N5OS.HI/c1-5-20-18(22-15-19(3,25)17-6-11-26-14-17)21-12-16(2)13-24-9-7-23(4)8-10-24;/h6,11,14,16,25H,5,7-10,12-13,15H2,1-4H3,(H2,20,21,22);1H. The Morgan fingerprint density at radius 2 is 2.04 bits per heavy atom. The average molecular weight is 510 g/mol. The van der Waals surface area contributed by atoms with Crippen LogP contribution in [-0.2, 0) is 5.60 Å². The highest BCUT2D eigenvalue weighted by Gasteiger charge is 2.23. The molecule has 0 saturated carbocycles. The fourth-order valence-corrected chi connectivity index (χ4v) is 3.83. The molecule has 0 aromatic carbocycles. The number of piperazine rings is 1. The van der Waals surface area contributed by atoms with E-state index in [2.05, 4.69) is 46.3 Å². The van der Waals surface area contributed by atoms with Gasteiger partial charge in [0, 0.05) is 45.8 Å². The van der Waals surface area contributed by atoms with E-state index in [1.807, 2.05) is 23.8 Å². The molecule has 2 heterocycles. The van der Waals surface area contributed by atoms with Crippen LogP contribution in [0, 0.1) is 5.92 Å². The lowest BCUT2D eigenvalue weighted by atomic mass is 10.00. The average Bonchev–Trinajstić information content (AvgIpc) is 3.15. The van der Waals surface area contributed by atoms with E-state index >= 15 is 0 Å². The van der Waals surface area contributed by atoms with Crippen molar-refractivity contribution in [3.8, 4) is 0 Å². The van der Waals surface area contributed by atoms with Crippen LogP contribution in [0.25, 0.3) is 0 Å². The highest BCUT2D eigenvalue weighted by molar-refractivity contribution is 14.0. The summed E-state index contributed by atoms with van der Waals surface area (Å²) >= 11 is 1.59. The van der Waals surface area contributed by atoms with Gasteiger partial charge in [-0.2, -0.15) is 11.3 Å². The van der Waals surface area contributed by atoms with Crippen LogP contribution in [0.4, 0.5) is 0 Å². The number of thiophene rings is 1. The van der Waals surface area contributed by atoms with Crippen molar-refractivity contribution in [1.29, 1.82) is 0 Å². The molecule has 0 aliphatic carbocycles. The van der Waals surface area contributed by atoms with E-state index in [1.54, 1.807) is 11.3 Å². The number of nitrogens with zero attached hydrogens (tertiary/aromatic N) is 3. The predicted molar refractivity (Wildman–Crippen MR) is 126 cm³/mol. The summed E-state index contributed by atoms with van der Waals surface area (Å²) in [5, 5.41) is 21.3. The largest absolute Gasteiger partial charge is 0.383 e. The first-order valence-corrected chi connectivity index (χ1v) is 10.5. The number of guanidine groups is 1. The van der Waals surface area contributed by atoms with E-state index in [4.69, 9.17) is 0 Å². The van der Waals surface area contributed by atoms with E-state index in [1.165, 1.54) is 0 Å². The number of likely N-dealkylation sites (N-methyl/N-ethyl adjacent to an activating group) is 1. The summed E-state index contributed by atoms with van der Waals surface area (Å²) in [6.07, 6.45) is 0. The lowest BCUT2D eigenvalue weighted by molar-refractivity contribution is 0.0677. The third-order valence-electron chi connectivity index (χ3n) is 4.82. The Kier molecular flexibility index (Phi) is 11.1. The molecule has 2 rings (SSSR count).